The molecule has 5 rings (SSSR count). The van der Waals surface area contributed by atoms with E-state index in [0.29, 0.717) is 18.0 Å². The van der Waals surface area contributed by atoms with E-state index in [1.807, 2.05) is 37.4 Å². The molecule has 0 atom stereocenters. The first kappa shape index (κ1) is 18.5. The van der Waals surface area contributed by atoms with E-state index in [9.17, 15) is 8.42 Å². The van der Waals surface area contributed by atoms with Crippen LogP contribution >= 0.6 is 0 Å². The van der Waals surface area contributed by atoms with E-state index in [1.54, 1.807) is 22.8 Å². The number of nitrogens with zero attached hydrogens (tertiary/aromatic N) is 4. The number of pyridine rings is 1. The summed E-state index contributed by atoms with van der Waals surface area (Å²) in [5, 5.41) is 0. The number of aryl methyl sites for hydroxylation is 3. The van der Waals surface area contributed by atoms with Gasteiger partial charge in [0.25, 0.3) is 0 Å². The number of benzene rings is 1. The lowest BCUT2D eigenvalue weighted by molar-refractivity contribution is 0.179. The Bertz CT molecular complexity index is 1150. The van der Waals surface area contributed by atoms with E-state index >= 15 is 0 Å². The molecule has 0 N–H and O–H groups in total. The van der Waals surface area contributed by atoms with Crippen molar-refractivity contribution in [1.29, 1.82) is 0 Å². The Morgan fingerprint density at radius 3 is 2.62 bits per heavy atom. The van der Waals surface area contributed by atoms with Gasteiger partial charge in [0.15, 0.2) is 0 Å². The molecule has 150 valence electrons. The van der Waals surface area contributed by atoms with Crippen LogP contribution in [0.4, 0.5) is 0 Å². The first-order chi connectivity index (χ1) is 14.0. The third kappa shape index (κ3) is 3.28. The summed E-state index contributed by atoms with van der Waals surface area (Å²) in [6, 6.07) is 9.54. The number of sulfonamides is 1. The van der Waals surface area contributed by atoms with Crippen LogP contribution in [0.1, 0.15) is 23.2 Å². The molecule has 0 radical (unpaired) electrons. The molecule has 1 aliphatic heterocycles. The highest BCUT2D eigenvalue weighted by Crippen LogP contribution is 2.31. The van der Waals surface area contributed by atoms with Gasteiger partial charge in [0.1, 0.15) is 5.82 Å². The van der Waals surface area contributed by atoms with Crippen molar-refractivity contribution in [2.24, 2.45) is 5.92 Å². The Morgan fingerprint density at radius 1 is 1.07 bits per heavy atom. The minimum Gasteiger partial charge on any atom is -0.328 e. The lowest BCUT2D eigenvalue weighted by Crippen LogP contribution is -2.51. The fraction of sp³-hybridized carbons (Fsp3) is 0.364. The van der Waals surface area contributed by atoms with Gasteiger partial charge in [-0.15, -0.1) is 0 Å². The van der Waals surface area contributed by atoms with Crippen molar-refractivity contribution >= 4 is 10.0 Å². The maximum atomic E-state index is 13.0. The Kier molecular flexibility index (Phi) is 4.52. The molecule has 7 heteroatoms. The molecule has 0 unspecified atom stereocenters. The zero-order valence-corrected chi connectivity index (χ0v) is 17.3. The van der Waals surface area contributed by atoms with Crippen LogP contribution in [0.15, 0.2) is 53.8 Å². The van der Waals surface area contributed by atoms with Crippen molar-refractivity contribution in [1.82, 2.24) is 18.8 Å². The van der Waals surface area contributed by atoms with Crippen molar-refractivity contribution in [2.45, 2.75) is 37.6 Å². The topological polar surface area (TPSA) is 68.1 Å². The average Bonchev–Trinajstić information content (AvgIpc) is 3.30. The first-order valence-corrected chi connectivity index (χ1v) is 11.5. The van der Waals surface area contributed by atoms with Crippen LogP contribution in [0.2, 0.25) is 0 Å². The summed E-state index contributed by atoms with van der Waals surface area (Å²) in [5.41, 5.74) is 4.59. The molecule has 2 aliphatic rings. The highest BCUT2D eigenvalue weighted by atomic mass is 32.2. The predicted molar refractivity (Wildman–Crippen MR) is 111 cm³/mol. The van der Waals surface area contributed by atoms with Gasteiger partial charge in [-0.3, -0.25) is 4.98 Å². The van der Waals surface area contributed by atoms with Crippen LogP contribution in [0.5, 0.6) is 0 Å². The van der Waals surface area contributed by atoms with E-state index in [2.05, 4.69) is 14.5 Å². The van der Waals surface area contributed by atoms with Gasteiger partial charge < -0.3 is 4.57 Å². The largest absolute Gasteiger partial charge is 0.328 e. The number of aromatic nitrogens is 3. The van der Waals surface area contributed by atoms with Crippen molar-refractivity contribution in [3.05, 3.63) is 65.7 Å². The molecule has 0 saturated carbocycles. The Balaban J connectivity index is 1.30. The number of hydrogen-bond acceptors (Lipinski definition) is 4. The zero-order chi connectivity index (χ0) is 20.0. The van der Waals surface area contributed by atoms with E-state index in [1.165, 1.54) is 11.1 Å². The molecule has 2 aromatic heterocycles. The van der Waals surface area contributed by atoms with Crippen molar-refractivity contribution < 1.29 is 8.42 Å². The average molecular weight is 409 g/mol. The molecule has 1 aromatic carbocycles. The highest BCUT2D eigenvalue weighted by Gasteiger charge is 2.37. The quantitative estimate of drug-likeness (QED) is 0.651. The minimum atomic E-state index is -3.41. The number of imidazole rings is 1. The Hall–Kier alpha value is -2.51. The summed E-state index contributed by atoms with van der Waals surface area (Å²) in [6.07, 6.45) is 8.56. The van der Waals surface area contributed by atoms with E-state index in [-0.39, 0.29) is 5.92 Å². The molecule has 0 amide bonds. The SMILES string of the molecule is Cc1cnc(-c2ccncc2)n1CC1CN(S(=O)(=O)c2ccc3c(c2)CCC3)C1. The maximum Gasteiger partial charge on any atom is 0.243 e. The number of fused-ring (bicyclic) bond motifs is 1. The minimum absolute atomic E-state index is 0.285. The van der Waals surface area contributed by atoms with E-state index < -0.39 is 10.0 Å². The van der Waals surface area contributed by atoms with Gasteiger partial charge in [0.2, 0.25) is 10.0 Å². The van der Waals surface area contributed by atoms with Crippen LogP contribution in [-0.4, -0.2) is 40.3 Å². The molecule has 1 saturated heterocycles. The predicted octanol–water partition coefficient (Wildman–Crippen LogP) is 3.06. The fourth-order valence-electron chi connectivity index (χ4n) is 4.37. The Morgan fingerprint density at radius 2 is 1.83 bits per heavy atom. The molecular formula is C22H24N4O2S. The Labute approximate surface area is 171 Å². The normalized spacial score (nSPS) is 17.3. The van der Waals surface area contributed by atoms with Crippen LogP contribution in [-0.2, 0) is 29.4 Å². The lowest BCUT2D eigenvalue weighted by Gasteiger charge is -2.38. The van der Waals surface area contributed by atoms with E-state index in [4.69, 9.17) is 0 Å². The van der Waals surface area contributed by atoms with Crippen LogP contribution < -0.4 is 0 Å². The highest BCUT2D eigenvalue weighted by molar-refractivity contribution is 7.89. The molecule has 3 aromatic rings. The second kappa shape index (κ2) is 7.07. The fourth-order valence-corrected chi connectivity index (χ4v) is 6.02. The van der Waals surface area contributed by atoms with Crippen molar-refractivity contribution in [2.75, 3.05) is 13.1 Å². The monoisotopic (exact) mass is 408 g/mol. The molecule has 29 heavy (non-hydrogen) atoms. The molecule has 3 heterocycles. The third-order valence-electron chi connectivity index (χ3n) is 6.07. The van der Waals surface area contributed by atoms with Gasteiger partial charge in [0.05, 0.1) is 4.90 Å². The van der Waals surface area contributed by atoms with Gasteiger partial charge in [0, 0.05) is 55.4 Å². The second-order valence-electron chi connectivity index (χ2n) is 8.04. The summed E-state index contributed by atoms with van der Waals surface area (Å²) in [6.45, 7) is 3.90. The molecule has 0 spiro atoms. The third-order valence-corrected chi connectivity index (χ3v) is 7.89. The molecule has 1 aliphatic carbocycles. The molecule has 1 fully saturated rings. The van der Waals surface area contributed by atoms with Crippen LogP contribution in [0.3, 0.4) is 0 Å². The standard InChI is InChI=1S/C22H24N4O2S/c1-16-12-24-22(19-7-9-23-10-8-19)26(16)15-17-13-25(14-17)29(27,28)21-6-5-18-3-2-4-20(18)11-21/h5-12,17H,2-4,13-15H2,1H3. The summed E-state index contributed by atoms with van der Waals surface area (Å²) in [5.74, 6) is 1.19. The van der Waals surface area contributed by atoms with Crippen LogP contribution in [0, 0.1) is 12.8 Å². The summed E-state index contributed by atoms with van der Waals surface area (Å²) in [4.78, 5) is 9.06. The van der Waals surface area contributed by atoms with Gasteiger partial charge in [-0.25, -0.2) is 13.4 Å². The lowest BCUT2D eigenvalue weighted by atomic mass is 10.0. The molecular weight excluding hydrogens is 384 g/mol. The van der Waals surface area contributed by atoms with Gasteiger partial charge in [-0.05, 0) is 61.6 Å². The summed E-state index contributed by atoms with van der Waals surface area (Å²) >= 11 is 0. The van der Waals surface area contributed by atoms with Gasteiger partial charge in [-0.1, -0.05) is 6.07 Å². The zero-order valence-electron chi connectivity index (χ0n) is 16.5. The number of rotatable bonds is 5. The van der Waals surface area contributed by atoms with Gasteiger partial charge >= 0.3 is 0 Å². The first-order valence-electron chi connectivity index (χ1n) is 10.1. The van der Waals surface area contributed by atoms with Gasteiger partial charge in [-0.2, -0.15) is 4.31 Å². The van der Waals surface area contributed by atoms with Crippen LogP contribution in [0.25, 0.3) is 11.4 Å². The molecule has 0 bridgehead atoms. The molecule has 6 nitrogen and oxygen atoms in total. The smallest absolute Gasteiger partial charge is 0.243 e. The maximum absolute atomic E-state index is 13.0. The van der Waals surface area contributed by atoms with Crippen molar-refractivity contribution in [3.63, 3.8) is 0 Å². The van der Waals surface area contributed by atoms with E-state index in [0.717, 1.165) is 42.9 Å². The summed E-state index contributed by atoms with van der Waals surface area (Å²) in [7, 11) is -3.41. The van der Waals surface area contributed by atoms with Crippen molar-refractivity contribution in [3.8, 4) is 11.4 Å². The second-order valence-corrected chi connectivity index (χ2v) is 9.98. The number of hydrogen-bond donors (Lipinski definition) is 0. The summed E-state index contributed by atoms with van der Waals surface area (Å²) < 4.78 is 29.8.